The van der Waals surface area contributed by atoms with E-state index >= 15 is 0 Å². The van der Waals surface area contributed by atoms with Crippen LogP contribution in [0.1, 0.15) is 13.3 Å². The Balaban J connectivity index is 1.86. The fourth-order valence-corrected chi connectivity index (χ4v) is 3.39. The maximum atomic E-state index is 11.9. The summed E-state index contributed by atoms with van der Waals surface area (Å²) in [7, 11) is -4.61. The maximum absolute atomic E-state index is 11.9. The third-order valence-corrected chi connectivity index (χ3v) is 4.74. The van der Waals surface area contributed by atoms with Crippen molar-refractivity contribution in [3.8, 4) is 0 Å². The van der Waals surface area contributed by atoms with Gasteiger partial charge in [-0.05, 0) is 6.92 Å². The second-order valence-corrected chi connectivity index (χ2v) is 7.19. The van der Waals surface area contributed by atoms with Crippen LogP contribution in [0.15, 0.2) is 0 Å². The van der Waals surface area contributed by atoms with Crippen molar-refractivity contribution in [1.82, 2.24) is 0 Å². The van der Waals surface area contributed by atoms with Gasteiger partial charge in [-0.2, -0.15) is 0 Å². The molecule has 1 saturated heterocycles. The van der Waals surface area contributed by atoms with Gasteiger partial charge in [0, 0.05) is 6.42 Å². The molecule has 1 unspecified atom stereocenters. The lowest BCUT2D eigenvalue weighted by atomic mass is 9.87. The first-order valence-electron chi connectivity index (χ1n) is 7.31. The van der Waals surface area contributed by atoms with Crippen molar-refractivity contribution in [2.75, 3.05) is 19.8 Å². The van der Waals surface area contributed by atoms with Crippen LogP contribution in [0.2, 0.25) is 0 Å². The molecule has 0 aromatic carbocycles. The van der Waals surface area contributed by atoms with E-state index in [2.05, 4.69) is 0 Å². The first-order valence-corrected chi connectivity index (χ1v) is 8.80. The molecule has 1 aliphatic carbocycles. The summed E-state index contributed by atoms with van der Waals surface area (Å²) >= 11 is 0. The molecule has 1 saturated carbocycles. The second kappa shape index (κ2) is 7.83. The van der Waals surface area contributed by atoms with Gasteiger partial charge in [-0.3, -0.25) is 9.05 Å². The average Bonchev–Trinajstić information content (AvgIpc) is 2.49. The Morgan fingerprint density at radius 2 is 1.78 bits per heavy atom. The van der Waals surface area contributed by atoms with Crippen molar-refractivity contribution in [3.05, 3.63) is 0 Å². The molecule has 0 spiro atoms. The molecular formula is C12H23O10P. The van der Waals surface area contributed by atoms with Gasteiger partial charge >= 0.3 is 7.82 Å². The number of ether oxygens (including phenoxy) is 2. The Bertz CT molecular complexity index is 426. The monoisotopic (exact) mass is 358 g/mol. The van der Waals surface area contributed by atoms with Gasteiger partial charge in [-0.15, -0.1) is 0 Å². The molecule has 5 N–H and O–H groups in total. The van der Waals surface area contributed by atoms with Crippen LogP contribution >= 0.6 is 7.82 Å². The third kappa shape index (κ3) is 5.17. The molecule has 10 nitrogen and oxygen atoms in total. The van der Waals surface area contributed by atoms with Gasteiger partial charge in [0.1, 0.15) is 24.4 Å². The predicted molar refractivity (Wildman–Crippen MR) is 74.4 cm³/mol. The van der Waals surface area contributed by atoms with E-state index in [1.54, 1.807) is 0 Å². The Hall–Kier alpha value is -0.130. The van der Waals surface area contributed by atoms with E-state index in [9.17, 15) is 29.9 Å². The number of rotatable bonds is 5. The van der Waals surface area contributed by atoms with Crippen LogP contribution in [0.25, 0.3) is 0 Å². The lowest BCUT2D eigenvalue weighted by Gasteiger charge is -2.38. The number of phosphoric ester groups is 1. The minimum absolute atomic E-state index is 0.0659. The summed E-state index contributed by atoms with van der Waals surface area (Å²) < 4.78 is 32.1. The van der Waals surface area contributed by atoms with E-state index in [1.807, 2.05) is 6.92 Å². The number of hydrogen-bond acceptors (Lipinski definition) is 9. The maximum Gasteiger partial charge on any atom is 0.472 e. The number of phosphoric acid groups is 1. The van der Waals surface area contributed by atoms with Gasteiger partial charge in [0.15, 0.2) is 0 Å². The van der Waals surface area contributed by atoms with Crippen LogP contribution < -0.4 is 0 Å². The van der Waals surface area contributed by atoms with Gasteiger partial charge < -0.3 is 34.8 Å². The van der Waals surface area contributed by atoms with Gasteiger partial charge in [0.25, 0.3) is 0 Å². The standard InChI is InChI=1S/C12H23O10P/c1-6-3-20-7(4-19-6)5-21-23(17,18)22-12-9(14)2-8(13)10(15)11(12)16/h6-16H,2-5H2,1H3,(H,17,18)/t6-,7+,8-,9-,10+,11-,12-/m0/s1. The Kier molecular flexibility index (Phi) is 6.54. The van der Waals surface area contributed by atoms with Crippen LogP contribution in [-0.2, 0) is 23.1 Å². The van der Waals surface area contributed by atoms with E-state index in [1.165, 1.54) is 0 Å². The summed E-state index contributed by atoms with van der Waals surface area (Å²) in [5, 5.41) is 38.5. The first kappa shape index (κ1) is 19.2. The zero-order valence-corrected chi connectivity index (χ0v) is 13.5. The first-order chi connectivity index (χ1) is 10.7. The molecule has 23 heavy (non-hydrogen) atoms. The van der Waals surface area contributed by atoms with Gasteiger partial charge in [-0.25, -0.2) is 4.57 Å². The smallest absolute Gasteiger partial charge is 0.390 e. The van der Waals surface area contributed by atoms with Crippen LogP contribution in [0, 0.1) is 0 Å². The summed E-state index contributed by atoms with van der Waals surface area (Å²) in [5.41, 5.74) is 0. The predicted octanol–water partition coefficient (Wildman–Crippen LogP) is -1.86. The Morgan fingerprint density at radius 3 is 2.39 bits per heavy atom. The molecular weight excluding hydrogens is 335 g/mol. The molecule has 0 aromatic rings. The highest BCUT2D eigenvalue weighted by atomic mass is 31.2. The van der Waals surface area contributed by atoms with Crippen LogP contribution in [0.3, 0.4) is 0 Å². The van der Waals surface area contributed by atoms with E-state index < -0.39 is 44.4 Å². The zero-order valence-electron chi connectivity index (χ0n) is 12.6. The van der Waals surface area contributed by atoms with E-state index in [-0.39, 0.29) is 25.7 Å². The van der Waals surface area contributed by atoms with Crippen LogP contribution in [0.5, 0.6) is 0 Å². The molecule has 1 aliphatic heterocycles. The fraction of sp³-hybridized carbons (Fsp3) is 1.00. The molecule has 0 amide bonds. The molecule has 0 aromatic heterocycles. The minimum atomic E-state index is -4.61. The van der Waals surface area contributed by atoms with Gasteiger partial charge in [0.05, 0.1) is 38.1 Å². The molecule has 2 aliphatic rings. The fourth-order valence-electron chi connectivity index (χ4n) is 2.40. The van der Waals surface area contributed by atoms with E-state index in [4.69, 9.17) is 18.5 Å². The third-order valence-electron chi connectivity index (χ3n) is 3.75. The average molecular weight is 358 g/mol. The van der Waals surface area contributed by atoms with Crippen molar-refractivity contribution in [1.29, 1.82) is 0 Å². The van der Waals surface area contributed by atoms with Gasteiger partial charge in [-0.1, -0.05) is 0 Å². The van der Waals surface area contributed by atoms with Gasteiger partial charge in [0.2, 0.25) is 0 Å². The van der Waals surface area contributed by atoms with Crippen LogP contribution in [0.4, 0.5) is 0 Å². The zero-order chi connectivity index (χ0) is 17.2. The number of aliphatic hydroxyl groups is 4. The van der Waals surface area contributed by atoms with Crippen molar-refractivity contribution in [3.63, 3.8) is 0 Å². The van der Waals surface area contributed by atoms with Crippen molar-refractivity contribution >= 4 is 7.82 Å². The summed E-state index contributed by atoms with van der Waals surface area (Å²) in [6.07, 6.45) is -8.58. The summed E-state index contributed by atoms with van der Waals surface area (Å²) in [6.45, 7) is 2.07. The second-order valence-electron chi connectivity index (χ2n) is 5.79. The molecule has 11 heteroatoms. The molecule has 1 heterocycles. The molecule has 136 valence electrons. The van der Waals surface area contributed by atoms with Crippen molar-refractivity contribution in [2.24, 2.45) is 0 Å². The topological polar surface area (TPSA) is 155 Å². The quantitative estimate of drug-likeness (QED) is 0.353. The number of hydrogen-bond donors (Lipinski definition) is 5. The van der Waals surface area contributed by atoms with Crippen LogP contribution in [-0.4, -0.2) is 87.9 Å². The Labute approximate surface area is 133 Å². The highest BCUT2D eigenvalue weighted by molar-refractivity contribution is 7.47. The van der Waals surface area contributed by atoms with E-state index in [0.29, 0.717) is 6.61 Å². The minimum Gasteiger partial charge on any atom is -0.390 e. The molecule has 2 fully saturated rings. The molecule has 0 bridgehead atoms. The molecule has 0 radical (unpaired) electrons. The normalized spacial score (nSPS) is 44.7. The highest BCUT2D eigenvalue weighted by Gasteiger charge is 2.46. The largest absolute Gasteiger partial charge is 0.472 e. The SMILES string of the molecule is C[C@H]1CO[C@@H](COP(=O)(O)O[C@@H]2[C@@H](O)[C@H](O)[C@@H](O)C[C@@H]2O)CO1. The Morgan fingerprint density at radius 1 is 1.09 bits per heavy atom. The van der Waals surface area contributed by atoms with Crippen molar-refractivity contribution in [2.45, 2.75) is 56.1 Å². The van der Waals surface area contributed by atoms with E-state index in [0.717, 1.165) is 0 Å². The summed E-state index contributed by atoms with van der Waals surface area (Å²) in [6, 6.07) is 0. The number of aliphatic hydroxyl groups excluding tert-OH is 4. The lowest BCUT2D eigenvalue weighted by molar-refractivity contribution is -0.175. The molecule has 8 atom stereocenters. The van der Waals surface area contributed by atoms with Crippen molar-refractivity contribution < 1.29 is 48.4 Å². The summed E-state index contributed by atoms with van der Waals surface area (Å²) in [5.74, 6) is 0. The lowest BCUT2D eigenvalue weighted by Crippen LogP contribution is -2.56. The summed E-state index contributed by atoms with van der Waals surface area (Å²) in [4.78, 5) is 9.69. The highest BCUT2D eigenvalue weighted by Crippen LogP contribution is 2.47. The molecule has 2 rings (SSSR count).